The Morgan fingerprint density at radius 3 is 3.09 bits per heavy atom. The number of aromatic amines is 1. The zero-order valence-corrected chi connectivity index (χ0v) is 7.04. The molecule has 3 nitrogen and oxygen atoms in total. The molecule has 11 heavy (non-hydrogen) atoms. The summed E-state index contributed by atoms with van der Waals surface area (Å²) in [5, 5.41) is 0. The monoisotopic (exact) mass is 188 g/mol. The van der Waals surface area contributed by atoms with Gasteiger partial charge in [0, 0.05) is 6.20 Å². The van der Waals surface area contributed by atoms with E-state index in [0.29, 0.717) is 4.70 Å². The van der Waals surface area contributed by atoms with E-state index >= 15 is 0 Å². The Kier molecular flexibility index (Phi) is 2.26. The van der Waals surface area contributed by atoms with Gasteiger partial charge in [0.2, 0.25) is 0 Å². The van der Waals surface area contributed by atoms with Crippen LogP contribution in [0.2, 0.25) is 0 Å². The van der Waals surface area contributed by atoms with E-state index in [4.69, 9.17) is 0 Å². The lowest BCUT2D eigenvalue weighted by Crippen LogP contribution is -2.01. The van der Waals surface area contributed by atoms with Crippen LogP contribution in [0.3, 0.4) is 0 Å². The van der Waals surface area contributed by atoms with Crippen molar-refractivity contribution in [2.45, 2.75) is 0 Å². The van der Waals surface area contributed by atoms with E-state index in [9.17, 15) is 4.79 Å². The lowest BCUT2D eigenvalue weighted by Gasteiger charge is -1.81. The zero-order valence-electron chi connectivity index (χ0n) is 5.40. The lowest BCUT2D eigenvalue weighted by molar-refractivity contribution is 1.28. The molecular formula is C6H5ClN2OS. The Morgan fingerprint density at radius 1 is 1.55 bits per heavy atom. The van der Waals surface area contributed by atoms with E-state index in [1.807, 2.05) is 0 Å². The molecule has 0 saturated heterocycles. The highest BCUT2D eigenvalue weighted by atomic mass is 35.5. The number of rotatable bonds is 0. The molecule has 2 aromatic rings. The van der Waals surface area contributed by atoms with Crippen LogP contribution in [-0.2, 0) is 0 Å². The molecule has 58 valence electrons. The maximum absolute atomic E-state index is 11.0. The van der Waals surface area contributed by atoms with Crippen molar-refractivity contribution in [2.24, 2.45) is 0 Å². The minimum Gasteiger partial charge on any atom is -0.328 e. The maximum Gasteiger partial charge on any atom is 0.267 e. The summed E-state index contributed by atoms with van der Waals surface area (Å²) >= 11 is 1.36. The second-order valence-corrected chi connectivity index (χ2v) is 2.73. The average molecular weight is 189 g/mol. The van der Waals surface area contributed by atoms with E-state index in [1.54, 1.807) is 17.8 Å². The van der Waals surface area contributed by atoms with Crippen molar-refractivity contribution in [3.8, 4) is 0 Å². The molecule has 0 aliphatic carbocycles. The summed E-state index contributed by atoms with van der Waals surface area (Å²) in [6.45, 7) is 0. The number of halogens is 1. The average Bonchev–Trinajstić information content (AvgIpc) is 2.36. The third-order valence-electron chi connectivity index (χ3n) is 1.26. The summed E-state index contributed by atoms with van der Waals surface area (Å²) in [5.74, 6) is 0. The van der Waals surface area contributed by atoms with Gasteiger partial charge >= 0.3 is 0 Å². The number of nitrogens with zero attached hydrogens (tertiary/aromatic N) is 1. The molecule has 0 radical (unpaired) electrons. The van der Waals surface area contributed by atoms with Crippen LogP contribution in [0, 0.1) is 0 Å². The Hall–Kier alpha value is -0.870. The lowest BCUT2D eigenvalue weighted by atomic mass is 10.4. The molecule has 0 spiro atoms. The number of H-pyrrole nitrogens is 1. The van der Waals surface area contributed by atoms with E-state index in [1.165, 1.54) is 11.3 Å². The number of hydrogen-bond donors (Lipinski definition) is 1. The molecule has 1 N–H and O–H groups in total. The molecule has 0 fully saturated rings. The van der Waals surface area contributed by atoms with Crippen molar-refractivity contribution in [2.75, 3.05) is 0 Å². The van der Waals surface area contributed by atoms with Crippen molar-refractivity contribution < 1.29 is 0 Å². The fourth-order valence-corrected chi connectivity index (χ4v) is 1.48. The first kappa shape index (κ1) is 8.23. The fourth-order valence-electron chi connectivity index (χ4n) is 0.805. The van der Waals surface area contributed by atoms with Crippen molar-refractivity contribution in [1.82, 2.24) is 9.97 Å². The highest BCUT2D eigenvalue weighted by molar-refractivity contribution is 7.16. The molecule has 0 aromatic carbocycles. The van der Waals surface area contributed by atoms with Crippen LogP contribution in [0.4, 0.5) is 0 Å². The predicted molar refractivity (Wildman–Crippen MR) is 47.5 cm³/mol. The Morgan fingerprint density at radius 2 is 2.36 bits per heavy atom. The second kappa shape index (κ2) is 3.02. The fraction of sp³-hybridized carbons (Fsp3) is 0. The summed E-state index contributed by atoms with van der Waals surface area (Å²) < 4.78 is 0.697. The van der Waals surface area contributed by atoms with Gasteiger partial charge < -0.3 is 4.98 Å². The molecule has 0 atom stereocenters. The smallest absolute Gasteiger partial charge is 0.267 e. The van der Waals surface area contributed by atoms with Gasteiger partial charge in [0.1, 0.15) is 4.70 Å². The van der Waals surface area contributed by atoms with Crippen LogP contribution < -0.4 is 5.56 Å². The Labute approximate surface area is 72.5 Å². The summed E-state index contributed by atoms with van der Waals surface area (Å²) in [6.07, 6.45) is 1.60. The van der Waals surface area contributed by atoms with Crippen LogP contribution in [0.5, 0.6) is 0 Å². The summed E-state index contributed by atoms with van der Waals surface area (Å²) in [4.78, 5) is 17.5. The first-order valence-electron chi connectivity index (χ1n) is 2.79. The molecule has 0 amide bonds. The van der Waals surface area contributed by atoms with Gasteiger partial charge in [-0.3, -0.25) is 4.79 Å². The second-order valence-electron chi connectivity index (χ2n) is 1.87. The first-order chi connectivity index (χ1) is 4.88. The zero-order chi connectivity index (χ0) is 6.97. The molecule has 0 bridgehead atoms. The van der Waals surface area contributed by atoms with Crippen LogP contribution in [0.25, 0.3) is 10.2 Å². The SMILES string of the molecule is Cl.O=c1[nH]ccc2ncsc12. The number of nitrogens with one attached hydrogen (secondary N) is 1. The third-order valence-corrected chi connectivity index (χ3v) is 2.10. The minimum absolute atomic E-state index is 0. The summed E-state index contributed by atoms with van der Waals surface area (Å²) in [7, 11) is 0. The van der Waals surface area contributed by atoms with E-state index in [2.05, 4.69) is 9.97 Å². The van der Waals surface area contributed by atoms with E-state index in [0.717, 1.165) is 5.52 Å². The summed E-state index contributed by atoms with van der Waals surface area (Å²) in [6, 6.07) is 1.78. The summed E-state index contributed by atoms with van der Waals surface area (Å²) in [5.41, 5.74) is 2.38. The number of pyridine rings is 1. The van der Waals surface area contributed by atoms with Gasteiger partial charge in [-0.25, -0.2) is 4.98 Å². The van der Waals surface area contributed by atoms with Crippen LogP contribution >= 0.6 is 23.7 Å². The quantitative estimate of drug-likeness (QED) is 0.680. The van der Waals surface area contributed by atoms with Crippen LogP contribution in [0.1, 0.15) is 0 Å². The molecule has 2 heterocycles. The Bertz CT molecular complexity index is 408. The number of aromatic nitrogens is 2. The van der Waals surface area contributed by atoms with Crippen molar-refractivity contribution in [3.05, 3.63) is 28.1 Å². The molecule has 0 saturated carbocycles. The first-order valence-corrected chi connectivity index (χ1v) is 3.67. The van der Waals surface area contributed by atoms with E-state index in [-0.39, 0.29) is 18.0 Å². The highest BCUT2D eigenvalue weighted by Crippen LogP contribution is 2.10. The predicted octanol–water partition coefficient (Wildman–Crippen LogP) is 1.41. The third kappa shape index (κ3) is 1.27. The molecule has 0 aliphatic heterocycles. The van der Waals surface area contributed by atoms with Gasteiger partial charge in [-0.1, -0.05) is 0 Å². The normalized spacial score (nSPS) is 9.45. The molecule has 5 heteroatoms. The molecule has 0 unspecified atom stereocenters. The van der Waals surface area contributed by atoms with Crippen molar-refractivity contribution in [1.29, 1.82) is 0 Å². The largest absolute Gasteiger partial charge is 0.328 e. The topological polar surface area (TPSA) is 45.8 Å². The van der Waals surface area contributed by atoms with Gasteiger partial charge in [0.05, 0.1) is 11.0 Å². The van der Waals surface area contributed by atoms with Crippen molar-refractivity contribution in [3.63, 3.8) is 0 Å². The Balaban J connectivity index is 0.000000605. The highest BCUT2D eigenvalue weighted by Gasteiger charge is 1.97. The van der Waals surface area contributed by atoms with Crippen LogP contribution in [-0.4, -0.2) is 9.97 Å². The van der Waals surface area contributed by atoms with Gasteiger partial charge in [-0.05, 0) is 6.07 Å². The van der Waals surface area contributed by atoms with Gasteiger partial charge in [-0.2, -0.15) is 0 Å². The van der Waals surface area contributed by atoms with Gasteiger partial charge in [-0.15, -0.1) is 23.7 Å². The molecule has 2 aromatic heterocycles. The molecular weight excluding hydrogens is 184 g/mol. The van der Waals surface area contributed by atoms with Crippen LogP contribution in [0.15, 0.2) is 22.6 Å². The maximum atomic E-state index is 11.0. The number of fused-ring (bicyclic) bond motifs is 1. The standard InChI is InChI=1S/C6H4N2OS.ClH/c9-6-5-4(1-2-7-6)8-3-10-5;/h1-3H,(H,7,9);1H. The number of hydrogen-bond acceptors (Lipinski definition) is 3. The van der Waals surface area contributed by atoms with Crippen molar-refractivity contribution >= 4 is 34.0 Å². The minimum atomic E-state index is -0.0556. The van der Waals surface area contributed by atoms with E-state index < -0.39 is 0 Å². The van der Waals surface area contributed by atoms with Gasteiger partial charge in [0.15, 0.2) is 0 Å². The number of thiazole rings is 1. The van der Waals surface area contributed by atoms with Gasteiger partial charge in [0.25, 0.3) is 5.56 Å². The molecule has 2 rings (SSSR count). The molecule has 0 aliphatic rings.